The molecule has 0 saturated heterocycles. The summed E-state index contributed by atoms with van der Waals surface area (Å²) in [6.07, 6.45) is 9.88. The van der Waals surface area contributed by atoms with Crippen molar-refractivity contribution in [2.24, 2.45) is 0 Å². The van der Waals surface area contributed by atoms with E-state index in [0.29, 0.717) is 0 Å². The van der Waals surface area contributed by atoms with Gasteiger partial charge < -0.3 is 14.7 Å². The van der Waals surface area contributed by atoms with Crippen molar-refractivity contribution in [1.82, 2.24) is 0 Å². The summed E-state index contributed by atoms with van der Waals surface area (Å²) in [4.78, 5) is 7.54. The molecule has 33 heavy (non-hydrogen) atoms. The Balaban J connectivity index is 1.82. The molecule has 3 aromatic carbocycles. The van der Waals surface area contributed by atoms with E-state index in [4.69, 9.17) is 6.42 Å². The summed E-state index contributed by atoms with van der Waals surface area (Å²) in [6.45, 7) is 9.70. The van der Waals surface area contributed by atoms with E-state index in [9.17, 15) is 0 Å². The van der Waals surface area contributed by atoms with Gasteiger partial charge in [0.25, 0.3) is 0 Å². The van der Waals surface area contributed by atoms with Crippen LogP contribution in [0.4, 0.5) is 34.1 Å². The van der Waals surface area contributed by atoms with E-state index in [2.05, 4.69) is 96.0 Å². The fourth-order valence-electron chi connectivity index (χ4n) is 6.46. The van der Waals surface area contributed by atoms with Gasteiger partial charge in [-0.3, -0.25) is 0 Å². The lowest BCUT2D eigenvalue weighted by Gasteiger charge is -2.54. The van der Waals surface area contributed by atoms with E-state index in [1.54, 1.807) is 0 Å². The smallest absolute Gasteiger partial charge is 0.118 e. The highest BCUT2D eigenvalue weighted by molar-refractivity contribution is 6.02. The van der Waals surface area contributed by atoms with Crippen LogP contribution < -0.4 is 14.7 Å². The van der Waals surface area contributed by atoms with Gasteiger partial charge in [-0.1, -0.05) is 44.9 Å². The standard InChI is InChI=1S/C30H31N3/c1-5-18-31-21-12-9-14-23-27(21)30(8-4)28-22(31)13-10-15-24(28)33(20-7-3)26-17-11-16-25(29(26)30)32(23)19-6-2/h4,9-17H,5-7,18-20H2,1-3H3. The molecule has 0 bridgehead atoms. The summed E-state index contributed by atoms with van der Waals surface area (Å²) in [7, 11) is 0. The number of terminal acetylenes is 1. The largest absolute Gasteiger partial charge is 0.341 e. The van der Waals surface area contributed by atoms with Gasteiger partial charge in [0.05, 0.1) is 0 Å². The molecule has 3 heterocycles. The molecule has 0 spiro atoms. The fourth-order valence-corrected chi connectivity index (χ4v) is 6.46. The molecule has 0 saturated carbocycles. The Hall–Kier alpha value is -3.38. The van der Waals surface area contributed by atoms with Gasteiger partial charge in [0.2, 0.25) is 0 Å². The number of anilines is 6. The lowest BCUT2D eigenvalue weighted by atomic mass is 9.61. The third-order valence-electron chi connectivity index (χ3n) is 7.49. The van der Waals surface area contributed by atoms with Gasteiger partial charge in [0.15, 0.2) is 0 Å². The van der Waals surface area contributed by atoms with Gasteiger partial charge in [-0.2, -0.15) is 0 Å². The first-order valence-electron chi connectivity index (χ1n) is 12.4. The molecule has 0 amide bonds. The molecule has 0 fully saturated rings. The second-order valence-corrected chi connectivity index (χ2v) is 9.36. The monoisotopic (exact) mass is 433 g/mol. The predicted octanol–water partition coefficient (Wildman–Crippen LogP) is 7.24. The summed E-state index contributed by atoms with van der Waals surface area (Å²) < 4.78 is 0. The topological polar surface area (TPSA) is 9.72 Å². The van der Waals surface area contributed by atoms with E-state index in [1.807, 2.05) is 0 Å². The van der Waals surface area contributed by atoms with Crippen molar-refractivity contribution in [2.75, 3.05) is 34.3 Å². The minimum Gasteiger partial charge on any atom is -0.341 e. The quantitative estimate of drug-likeness (QED) is 0.379. The lowest BCUT2D eigenvalue weighted by molar-refractivity contribution is 0.704. The summed E-state index contributed by atoms with van der Waals surface area (Å²) in [5, 5.41) is 0. The SMILES string of the molecule is C#CC12c3c4cccc3N(CCC)c3cccc(c31)N(CCC)c1cccc(c12)N4CCC. The molecule has 0 aromatic heterocycles. The minimum atomic E-state index is -0.567. The maximum Gasteiger partial charge on any atom is 0.118 e. The van der Waals surface area contributed by atoms with Crippen LogP contribution in [0.25, 0.3) is 0 Å². The summed E-state index contributed by atoms with van der Waals surface area (Å²) in [5.41, 5.74) is 10.9. The van der Waals surface area contributed by atoms with Gasteiger partial charge in [-0.15, -0.1) is 6.42 Å². The number of hydrogen-bond acceptors (Lipinski definition) is 3. The first kappa shape index (κ1) is 20.2. The predicted molar refractivity (Wildman–Crippen MR) is 140 cm³/mol. The van der Waals surface area contributed by atoms with Crippen molar-refractivity contribution in [2.45, 2.75) is 45.4 Å². The average Bonchev–Trinajstić information content (AvgIpc) is 2.85. The molecule has 6 rings (SSSR count). The number of nitrogens with zero attached hydrogens (tertiary/aromatic N) is 3. The number of rotatable bonds is 6. The minimum absolute atomic E-state index is 0.567. The maximum absolute atomic E-state index is 6.64. The fraction of sp³-hybridized carbons (Fsp3) is 0.333. The number of benzene rings is 3. The second-order valence-electron chi connectivity index (χ2n) is 9.36. The molecule has 3 aromatic rings. The molecule has 0 N–H and O–H groups in total. The molecule has 166 valence electrons. The van der Waals surface area contributed by atoms with Crippen molar-refractivity contribution in [3.63, 3.8) is 0 Å². The Morgan fingerprint density at radius 3 is 1.06 bits per heavy atom. The van der Waals surface area contributed by atoms with Gasteiger partial charge >= 0.3 is 0 Å². The van der Waals surface area contributed by atoms with Crippen LogP contribution in [0.5, 0.6) is 0 Å². The van der Waals surface area contributed by atoms with Crippen LogP contribution in [-0.4, -0.2) is 19.6 Å². The Bertz CT molecular complexity index is 1080. The number of hydrogen-bond donors (Lipinski definition) is 0. The van der Waals surface area contributed by atoms with Gasteiger partial charge in [-0.25, -0.2) is 0 Å². The third-order valence-corrected chi connectivity index (χ3v) is 7.49. The van der Waals surface area contributed by atoms with Crippen molar-refractivity contribution in [3.05, 3.63) is 71.3 Å². The molecule has 3 aliphatic heterocycles. The van der Waals surface area contributed by atoms with Crippen LogP contribution in [-0.2, 0) is 5.41 Å². The Kier molecular flexibility index (Phi) is 4.49. The van der Waals surface area contributed by atoms with Crippen LogP contribution in [0.15, 0.2) is 54.6 Å². The van der Waals surface area contributed by atoms with Crippen molar-refractivity contribution >= 4 is 34.1 Å². The molecule has 3 heteroatoms. The molecular weight excluding hydrogens is 402 g/mol. The van der Waals surface area contributed by atoms with E-state index in [-0.39, 0.29) is 0 Å². The molecule has 3 aliphatic rings. The Morgan fingerprint density at radius 2 is 0.848 bits per heavy atom. The molecule has 3 nitrogen and oxygen atoms in total. The van der Waals surface area contributed by atoms with E-state index >= 15 is 0 Å². The molecular formula is C30H31N3. The molecule has 0 radical (unpaired) electrons. The van der Waals surface area contributed by atoms with Crippen LogP contribution in [0.1, 0.15) is 56.7 Å². The zero-order valence-electron chi connectivity index (χ0n) is 19.9. The van der Waals surface area contributed by atoms with Gasteiger partial charge in [-0.05, 0) is 55.7 Å². The molecule has 0 atom stereocenters. The first-order valence-corrected chi connectivity index (χ1v) is 12.4. The molecule has 0 aliphatic carbocycles. The summed E-state index contributed by atoms with van der Waals surface area (Å²) >= 11 is 0. The average molecular weight is 434 g/mol. The molecule has 0 unspecified atom stereocenters. The normalized spacial score (nSPS) is 15.9. The Morgan fingerprint density at radius 1 is 0.576 bits per heavy atom. The second kappa shape index (κ2) is 7.32. The van der Waals surface area contributed by atoms with Crippen molar-refractivity contribution in [3.8, 4) is 12.3 Å². The zero-order valence-corrected chi connectivity index (χ0v) is 19.9. The van der Waals surface area contributed by atoms with E-state index in [1.165, 1.54) is 50.8 Å². The van der Waals surface area contributed by atoms with Crippen LogP contribution in [0, 0.1) is 12.3 Å². The lowest BCUT2D eigenvalue weighted by Crippen LogP contribution is -2.47. The maximum atomic E-state index is 6.64. The highest BCUT2D eigenvalue weighted by Gasteiger charge is 2.55. The summed E-state index contributed by atoms with van der Waals surface area (Å²) in [6, 6.07) is 20.3. The highest BCUT2D eigenvalue weighted by atomic mass is 15.2. The zero-order chi connectivity index (χ0) is 22.7. The highest BCUT2D eigenvalue weighted by Crippen LogP contribution is 2.66. The van der Waals surface area contributed by atoms with Crippen LogP contribution in [0.3, 0.4) is 0 Å². The van der Waals surface area contributed by atoms with E-state index < -0.39 is 5.41 Å². The van der Waals surface area contributed by atoms with Gasteiger partial charge in [0.1, 0.15) is 5.41 Å². The first-order chi connectivity index (χ1) is 16.2. The Labute approximate surface area is 197 Å². The van der Waals surface area contributed by atoms with Crippen molar-refractivity contribution < 1.29 is 0 Å². The van der Waals surface area contributed by atoms with Crippen LogP contribution in [0.2, 0.25) is 0 Å². The third kappa shape index (κ3) is 2.36. The van der Waals surface area contributed by atoms with Crippen molar-refractivity contribution in [1.29, 1.82) is 0 Å². The summed E-state index contributed by atoms with van der Waals surface area (Å²) in [5.74, 6) is 3.42. The van der Waals surface area contributed by atoms with Gasteiger partial charge in [0, 0.05) is 70.4 Å². The van der Waals surface area contributed by atoms with Crippen LogP contribution >= 0.6 is 0 Å². The van der Waals surface area contributed by atoms with E-state index in [0.717, 1.165) is 38.9 Å².